The van der Waals surface area contributed by atoms with Crippen LogP contribution >= 0.6 is 0 Å². The van der Waals surface area contributed by atoms with Crippen LogP contribution in [0.15, 0.2) is 24.3 Å². The standard InChI is InChI=1S/C15H22N2O2/c1-16-13-8-6-12(7-9-13)15(18)17(2)11-14-5-3-4-10-19-14/h6-9,14,16H,3-5,10-11H2,1-2H3. The van der Waals surface area contributed by atoms with Gasteiger partial charge in [-0.25, -0.2) is 0 Å². The molecule has 1 aliphatic rings. The number of likely N-dealkylation sites (N-methyl/N-ethyl adjacent to an activating group) is 1. The van der Waals surface area contributed by atoms with Gasteiger partial charge in [0.1, 0.15) is 0 Å². The number of hydrogen-bond donors (Lipinski definition) is 1. The van der Waals surface area contributed by atoms with E-state index in [0.29, 0.717) is 6.54 Å². The molecule has 104 valence electrons. The molecule has 0 radical (unpaired) electrons. The number of anilines is 1. The Hall–Kier alpha value is -1.55. The number of amides is 1. The van der Waals surface area contributed by atoms with E-state index in [-0.39, 0.29) is 12.0 Å². The Morgan fingerprint density at radius 2 is 2.11 bits per heavy atom. The number of nitrogens with one attached hydrogen (secondary N) is 1. The van der Waals surface area contributed by atoms with Crippen LogP contribution < -0.4 is 5.32 Å². The third-order valence-corrected chi connectivity index (χ3v) is 3.52. The van der Waals surface area contributed by atoms with Gasteiger partial charge >= 0.3 is 0 Å². The Bertz CT molecular complexity index is 411. The highest BCUT2D eigenvalue weighted by molar-refractivity contribution is 5.94. The lowest BCUT2D eigenvalue weighted by Gasteiger charge is -2.27. The van der Waals surface area contributed by atoms with E-state index in [1.807, 2.05) is 38.4 Å². The van der Waals surface area contributed by atoms with Gasteiger partial charge in [-0.3, -0.25) is 4.79 Å². The van der Waals surface area contributed by atoms with Crippen molar-refractivity contribution < 1.29 is 9.53 Å². The van der Waals surface area contributed by atoms with Crippen molar-refractivity contribution in [2.75, 3.05) is 32.6 Å². The highest BCUT2D eigenvalue weighted by Crippen LogP contribution is 2.15. The second-order valence-electron chi connectivity index (χ2n) is 5.00. The molecule has 19 heavy (non-hydrogen) atoms. The van der Waals surface area contributed by atoms with Gasteiger partial charge in [0.2, 0.25) is 0 Å². The first-order valence-electron chi connectivity index (χ1n) is 6.85. The van der Waals surface area contributed by atoms with Gasteiger partial charge in [0, 0.05) is 38.5 Å². The van der Waals surface area contributed by atoms with Crippen molar-refractivity contribution in [1.82, 2.24) is 4.90 Å². The Kier molecular flexibility index (Phi) is 4.80. The summed E-state index contributed by atoms with van der Waals surface area (Å²) in [5.41, 5.74) is 1.73. The van der Waals surface area contributed by atoms with Crippen molar-refractivity contribution >= 4 is 11.6 Å². The number of hydrogen-bond acceptors (Lipinski definition) is 3. The number of benzene rings is 1. The number of ether oxygens (including phenoxy) is 1. The first kappa shape index (κ1) is 13.9. The van der Waals surface area contributed by atoms with E-state index >= 15 is 0 Å². The molecule has 1 unspecified atom stereocenters. The number of carbonyl (C=O) groups is 1. The Morgan fingerprint density at radius 1 is 1.37 bits per heavy atom. The van der Waals surface area contributed by atoms with E-state index in [1.165, 1.54) is 6.42 Å². The second-order valence-corrected chi connectivity index (χ2v) is 5.00. The maximum Gasteiger partial charge on any atom is 0.253 e. The van der Waals surface area contributed by atoms with Crippen LogP contribution in [0.3, 0.4) is 0 Å². The van der Waals surface area contributed by atoms with Crippen LogP contribution in [-0.2, 0) is 4.74 Å². The number of carbonyl (C=O) groups excluding carboxylic acids is 1. The maximum atomic E-state index is 12.3. The second kappa shape index (κ2) is 6.57. The van der Waals surface area contributed by atoms with Gasteiger partial charge in [0.15, 0.2) is 0 Å². The summed E-state index contributed by atoms with van der Waals surface area (Å²) in [5, 5.41) is 3.04. The summed E-state index contributed by atoms with van der Waals surface area (Å²) in [7, 11) is 3.70. The molecule has 1 heterocycles. The van der Waals surface area contributed by atoms with Crippen LogP contribution in [0.2, 0.25) is 0 Å². The van der Waals surface area contributed by atoms with Crippen molar-refractivity contribution in [3.8, 4) is 0 Å². The van der Waals surface area contributed by atoms with E-state index in [2.05, 4.69) is 5.32 Å². The quantitative estimate of drug-likeness (QED) is 0.905. The molecular formula is C15H22N2O2. The zero-order valence-corrected chi connectivity index (χ0v) is 11.7. The highest BCUT2D eigenvalue weighted by Gasteiger charge is 2.19. The minimum Gasteiger partial charge on any atom is -0.388 e. The normalized spacial score (nSPS) is 18.9. The Labute approximate surface area is 114 Å². The van der Waals surface area contributed by atoms with Crippen LogP contribution in [0.1, 0.15) is 29.6 Å². The van der Waals surface area contributed by atoms with E-state index in [1.54, 1.807) is 4.90 Å². The average Bonchev–Trinajstić information content (AvgIpc) is 2.47. The lowest BCUT2D eigenvalue weighted by Crippen LogP contribution is -2.37. The van der Waals surface area contributed by atoms with Crippen LogP contribution in [0.4, 0.5) is 5.69 Å². The molecule has 0 aromatic heterocycles. The predicted octanol–water partition coefficient (Wildman–Crippen LogP) is 2.37. The van der Waals surface area contributed by atoms with Crippen molar-refractivity contribution in [3.63, 3.8) is 0 Å². The lowest BCUT2D eigenvalue weighted by atomic mass is 10.1. The number of nitrogens with zero attached hydrogens (tertiary/aromatic N) is 1. The molecule has 1 atom stereocenters. The SMILES string of the molecule is CNc1ccc(C(=O)N(C)CC2CCCCO2)cc1. The van der Waals surface area contributed by atoms with Gasteiger partial charge in [-0.1, -0.05) is 0 Å². The van der Waals surface area contributed by atoms with Crippen LogP contribution in [0.5, 0.6) is 0 Å². The molecule has 1 amide bonds. The molecule has 4 nitrogen and oxygen atoms in total. The van der Waals surface area contributed by atoms with Gasteiger partial charge in [-0.2, -0.15) is 0 Å². The summed E-state index contributed by atoms with van der Waals surface area (Å²) in [5.74, 6) is 0.0526. The average molecular weight is 262 g/mol. The first-order valence-corrected chi connectivity index (χ1v) is 6.85. The number of rotatable bonds is 4. The van der Waals surface area contributed by atoms with Gasteiger partial charge in [-0.05, 0) is 43.5 Å². The van der Waals surface area contributed by atoms with E-state index in [9.17, 15) is 4.79 Å². The zero-order valence-electron chi connectivity index (χ0n) is 11.7. The molecule has 1 aromatic carbocycles. The minimum absolute atomic E-state index is 0.0526. The van der Waals surface area contributed by atoms with Gasteiger partial charge in [-0.15, -0.1) is 0 Å². The lowest BCUT2D eigenvalue weighted by molar-refractivity contribution is -0.000186. The van der Waals surface area contributed by atoms with Crippen molar-refractivity contribution in [2.45, 2.75) is 25.4 Å². The largest absolute Gasteiger partial charge is 0.388 e. The molecule has 4 heteroatoms. The molecule has 1 aliphatic heterocycles. The zero-order chi connectivity index (χ0) is 13.7. The van der Waals surface area contributed by atoms with Crippen molar-refractivity contribution in [1.29, 1.82) is 0 Å². The summed E-state index contributed by atoms with van der Waals surface area (Å²) < 4.78 is 5.67. The molecule has 2 rings (SSSR count). The van der Waals surface area contributed by atoms with E-state index in [0.717, 1.165) is 30.7 Å². The molecule has 0 saturated carbocycles. The fraction of sp³-hybridized carbons (Fsp3) is 0.533. The fourth-order valence-corrected chi connectivity index (χ4v) is 2.34. The Morgan fingerprint density at radius 3 is 2.68 bits per heavy atom. The predicted molar refractivity (Wildman–Crippen MR) is 76.5 cm³/mol. The monoisotopic (exact) mass is 262 g/mol. The molecule has 1 N–H and O–H groups in total. The van der Waals surface area contributed by atoms with Crippen molar-refractivity contribution in [3.05, 3.63) is 29.8 Å². The first-order chi connectivity index (χ1) is 9.20. The van der Waals surface area contributed by atoms with Gasteiger partial charge in [0.25, 0.3) is 5.91 Å². The fourth-order valence-electron chi connectivity index (χ4n) is 2.34. The molecule has 1 aromatic rings. The summed E-state index contributed by atoms with van der Waals surface area (Å²) in [6.45, 7) is 1.50. The smallest absolute Gasteiger partial charge is 0.253 e. The molecule has 0 aliphatic carbocycles. The Balaban J connectivity index is 1.93. The van der Waals surface area contributed by atoms with Crippen LogP contribution in [0, 0.1) is 0 Å². The molecule has 1 saturated heterocycles. The molecular weight excluding hydrogens is 240 g/mol. The maximum absolute atomic E-state index is 12.3. The highest BCUT2D eigenvalue weighted by atomic mass is 16.5. The van der Waals surface area contributed by atoms with Gasteiger partial charge in [0.05, 0.1) is 6.10 Å². The minimum atomic E-state index is 0.0526. The summed E-state index contributed by atoms with van der Waals surface area (Å²) in [6.07, 6.45) is 3.58. The summed E-state index contributed by atoms with van der Waals surface area (Å²) >= 11 is 0. The third kappa shape index (κ3) is 3.70. The third-order valence-electron chi connectivity index (χ3n) is 3.52. The van der Waals surface area contributed by atoms with E-state index in [4.69, 9.17) is 4.74 Å². The molecule has 1 fully saturated rings. The van der Waals surface area contributed by atoms with E-state index < -0.39 is 0 Å². The molecule has 0 spiro atoms. The topological polar surface area (TPSA) is 41.6 Å². The van der Waals surface area contributed by atoms with Crippen LogP contribution in [-0.4, -0.2) is 44.2 Å². The molecule has 0 bridgehead atoms. The van der Waals surface area contributed by atoms with Gasteiger partial charge < -0.3 is 15.0 Å². The summed E-state index contributed by atoms with van der Waals surface area (Å²) in [4.78, 5) is 14.0. The van der Waals surface area contributed by atoms with Crippen molar-refractivity contribution in [2.24, 2.45) is 0 Å². The van der Waals surface area contributed by atoms with Crippen LogP contribution in [0.25, 0.3) is 0 Å². The summed E-state index contributed by atoms with van der Waals surface area (Å²) in [6, 6.07) is 7.54.